The molecule has 0 saturated carbocycles. The Morgan fingerprint density at radius 3 is 2.57 bits per heavy atom. The van der Waals surface area contributed by atoms with Crippen molar-refractivity contribution in [3.63, 3.8) is 0 Å². The minimum absolute atomic E-state index is 0.0995. The second-order valence-corrected chi connectivity index (χ2v) is 7.65. The van der Waals surface area contributed by atoms with Gasteiger partial charge in [-0.25, -0.2) is 9.79 Å². The quantitative estimate of drug-likeness (QED) is 0.675. The maximum atomic E-state index is 12.6. The Balaban J connectivity index is 1.88. The molecule has 8 heteroatoms. The first kappa shape index (κ1) is 21.4. The van der Waals surface area contributed by atoms with Gasteiger partial charge in [-0.3, -0.25) is 9.69 Å². The van der Waals surface area contributed by atoms with Crippen LogP contribution < -0.4 is 4.90 Å². The predicted molar refractivity (Wildman–Crippen MR) is 121 cm³/mol. The molecule has 0 aliphatic carbocycles. The molecule has 1 fully saturated rings. The Labute approximate surface area is 179 Å². The standard InChI is InChI=1S/C22H23N3O4S/c1-4-25(5-2)17-10-9-14(18(26)13-17)12-19-20(27)24(3)22(30-19)23-16-8-6-7-15(11-16)21(28)29/h6-13,26H,4-5H2,1-3H3,(H,28,29)/b19-12-,23-22?. The highest BCUT2D eigenvalue weighted by atomic mass is 32.2. The zero-order chi connectivity index (χ0) is 21.8. The molecule has 1 aliphatic heterocycles. The summed E-state index contributed by atoms with van der Waals surface area (Å²) in [6.45, 7) is 5.76. The number of carbonyl (C=O) groups excluding carboxylic acids is 1. The Hall–Kier alpha value is -3.26. The minimum atomic E-state index is -1.04. The molecule has 30 heavy (non-hydrogen) atoms. The van der Waals surface area contributed by atoms with Crippen molar-refractivity contribution in [2.24, 2.45) is 4.99 Å². The number of nitrogens with zero attached hydrogens (tertiary/aromatic N) is 3. The maximum Gasteiger partial charge on any atom is 0.335 e. The number of carbonyl (C=O) groups is 2. The average Bonchev–Trinajstić information content (AvgIpc) is 2.99. The number of amides is 1. The van der Waals surface area contributed by atoms with Crippen LogP contribution in [-0.4, -0.2) is 52.3 Å². The number of carboxylic acids is 1. The molecule has 1 heterocycles. The van der Waals surface area contributed by atoms with E-state index in [0.717, 1.165) is 18.8 Å². The van der Waals surface area contributed by atoms with E-state index in [1.165, 1.54) is 28.8 Å². The van der Waals surface area contributed by atoms with Crippen LogP contribution in [0.25, 0.3) is 6.08 Å². The molecule has 0 unspecified atom stereocenters. The number of thioether (sulfide) groups is 1. The molecule has 1 amide bonds. The van der Waals surface area contributed by atoms with Crippen molar-refractivity contribution in [2.45, 2.75) is 13.8 Å². The number of anilines is 1. The first-order valence-corrected chi connectivity index (χ1v) is 10.3. The first-order chi connectivity index (χ1) is 14.3. The summed E-state index contributed by atoms with van der Waals surface area (Å²) in [6, 6.07) is 11.6. The Morgan fingerprint density at radius 2 is 1.93 bits per heavy atom. The van der Waals surface area contributed by atoms with E-state index in [9.17, 15) is 14.7 Å². The van der Waals surface area contributed by atoms with Gasteiger partial charge in [0.25, 0.3) is 5.91 Å². The fourth-order valence-electron chi connectivity index (χ4n) is 3.05. The maximum absolute atomic E-state index is 12.6. The van der Waals surface area contributed by atoms with Gasteiger partial charge in [0.05, 0.1) is 16.2 Å². The number of carboxylic acid groups (broad SMARTS) is 1. The van der Waals surface area contributed by atoms with Gasteiger partial charge in [0.1, 0.15) is 5.75 Å². The van der Waals surface area contributed by atoms with Crippen LogP contribution in [-0.2, 0) is 4.79 Å². The van der Waals surface area contributed by atoms with Gasteiger partial charge < -0.3 is 15.1 Å². The van der Waals surface area contributed by atoms with Crippen LogP contribution in [0.5, 0.6) is 5.75 Å². The summed E-state index contributed by atoms with van der Waals surface area (Å²) in [5.41, 5.74) is 2.04. The molecule has 3 rings (SSSR count). The number of benzene rings is 2. The van der Waals surface area contributed by atoms with Crippen LogP contribution >= 0.6 is 11.8 Å². The second-order valence-electron chi connectivity index (χ2n) is 6.64. The van der Waals surface area contributed by atoms with E-state index in [1.54, 1.807) is 37.4 Å². The normalized spacial score (nSPS) is 16.5. The van der Waals surface area contributed by atoms with Gasteiger partial charge in [-0.15, -0.1) is 0 Å². The number of aromatic hydroxyl groups is 1. The van der Waals surface area contributed by atoms with Crippen LogP contribution in [0, 0.1) is 0 Å². The lowest BCUT2D eigenvalue weighted by molar-refractivity contribution is -0.121. The van der Waals surface area contributed by atoms with Gasteiger partial charge in [0.2, 0.25) is 0 Å². The lowest BCUT2D eigenvalue weighted by atomic mass is 10.1. The van der Waals surface area contributed by atoms with Crippen LogP contribution in [0.15, 0.2) is 52.4 Å². The summed E-state index contributed by atoms with van der Waals surface area (Å²) < 4.78 is 0. The summed E-state index contributed by atoms with van der Waals surface area (Å²) in [6.07, 6.45) is 1.64. The molecule has 1 saturated heterocycles. The largest absolute Gasteiger partial charge is 0.507 e. The molecule has 0 bridgehead atoms. The van der Waals surface area contributed by atoms with E-state index >= 15 is 0 Å². The van der Waals surface area contributed by atoms with Gasteiger partial charge >= 0.3 is 5.97 Å². The van der Waals surface area contributed by atoms with Crippen molar-refractivity contribution in [1.82, 2.24) is 4.90 Å². The van der Waals surface area contributed by atoms with E-state index in [0.29, 0.717) is 21.3 Å². The van der Waals surface area contributed by atoms with Crippen molar-refractivity contribution >= 4 is 46.3 Å². The van der Waals surface area contributed by atoms with Gasteiger partial charge in [0, 0.05) is 37.5 Å². The number of rotatable bonds is 6. The number of phenols is 1. The van der Waals surface area contributed by atoms with Crippen molar-refractivity contribution in [2.75, 3.05) is 25.0 Å². The Bertz CT molecular complexity index is 1040. The van der Waals surface area contributed by atoms with Gasteiger partial charge in [-0.2, -0.15) is 0 Å². The third-order valence-corrected chi connectivity index (χ3v) is 5.81. The molecule has 2 N–H and O–H groups in total. The summed E-state index contributed by atoms with van der Waals surface area (Å²) in [4.78, 5) is 32.2. The predicted octanol–water partition coefficient (Wildman–Crippen LogP) is 4.17. The highest BCUT2D eigenvalue weighted by Gasteiger charge is 2.30. The molecule has 2 aromatic rings. The van der Waals surface area contributed by atoms with Crippen LogP contribution in [0.3, 0.4) is 0 Å². The molecule has 0 radical (unpaired) electrons. The summed E-state index contributed by atoms with van der Waals surface area (Å²) in [5, 5.41) is 20.0. The smallest absolute Gasteiger partial charge is 0.335 e. The SMILES string of the molecule is CCN(CC)c1ccc(/C=C2\SC(=Nc3cccc(C(=O)O)c3)N(C)C2=O)c(O)c1. The number of aliphatic imine (C=N–C) groups is 1. The van der Waals surface area contributed by atoms with E-state index in [1.807, 2.05) is 19.9 Å². The van der Waals surface area contributed by atoms with E-state index in [2.05, 4.69) is 9.89 Å². The molecule has 1 aliphatic rings. The number of hydrogen-bond donors (Lipinski definition) is 2. The monoisotopic (exact) mass is 425 g/mol. The van der Waals surface area contributed by atoms with Gasteiger partial charge in [-0.1, -0.05) is 6.07 Å². The first-order valence-electron chi connectivity index (χ1n) is 9.51. The summed E-state index contributed by atoms with van der Waals surface area (Å²) >= 11 is 1.18. The lowest BCUT2D eigenvalue weighted by Gasteiger charge is -2.21. The average molecular weight is 426 g/mol. The second kappa shape index (κ2) is 9.04. The molecule has 156 valence electrons. The van der Waals surface area contributed by atoms with Crippen LogP contribution in [0.2, 0.25) is 0 Å². The van der Waals surface area contributed by atoms with Crippen molar-refractivity contribution in [3.8, 4) is 5.75 Å². The molecular weight excluding hydrogens is 402 g/mol. The zero-order valence-electron chi connectivity index (χ0n) is 17.0. The number of aromatic carboxylic acids is 1. The van der Waals surface area contributed by atoms with Crippen LogP contribution in [0.1, 0.15) is 29.8 Å². The highest BCUT2D eigenvalue weighted by molar-refractivity contribution is 8.18. The third kappa shape index (κ3) is 4.49. The zero-order valence-corrected chi connectivity index (χ0v) is 17.8. The summed E-state index contributed by atoms with van der Waals surface area (Å²) in [7, 11) is 1.61. The molecule has 0 aromatic heterocycles. The molecule has 7 nitrogen and oxygen atoms in total. The Kier molecular flexibility index (Phi) is 6.47. The van der Waals surface area contributed by atoms with E-state index in [4.69, 9.17) is 5.11 Å². The van der Waals surface area contributed by atoms with Crippen molar-refractivity contribution < 1.29 is 19.8 Å². The number of phenolic OH excluding ortho intramolecular Hbond substituents is 1. The topological polar surface area (TPSA) is 93.4 Å². The fourth-order valence-corrected chi connectivity index (χ4v) is 4.03. The van der Waals surface area contributed by atoms with Gasteiger partial charge in [0.15, 0.2) is 5.17 Å². The third-order valence-electron chi connectivity index (χ3n) is 4.75. The number of likely N-dealkylation sites (N-methyl/N-ethyl adjacent to an activating group) is 1. The number of hydrogen-bond acceptors (Lipinski definition) is 6. The van der Waals surface area contributed by atoms with Gasteiger partial charge in [-0.05, 0) is 62.0 Å². The molecule has 0 spiro atoms. The minimum Gasteiger partial charge on any atom is -0.507 e. The fraction of sp³-hybridized carbons (Fsp3) is 0.227. The molecular formula is C22H23N3O4S. The van der Waals surface area contributed by atoms with E-state index in [-0.39, 0.29) is 17.2 Å². The van der Waals surface area contributed by atoms with Crippen molar-refractivity contribution in [3.05, 3.63) is 58.5 Å². The van der Waals surface area contributed by atoms with E-state index < -0.39 is 5.97 Å². The summed E-state index contributed by atoms with van der Waals surface area (Å²) in [5.74, 6) is -1.17. The molecule has 0 atom stereocenters. The van der Waals surface area contributed by atoms with Crippen LogP contribution in [0.4, 0.5) is 11.4 Å². The molecule has 2 aromatic carbocycles. The lowest BCUT2D eigenvalue weighted by Crippen LogP contribution is -2.23. The number of amidine groups is 1. The highest BCUT2D eigenvalue weighted by Crippen LogP contribution is 2.35. The van der Waals surface area contributed by atoms with Crippen molar-refractivity contribution in [1.29, 1.82) is 0 Å². The Morgan fingerprint density at radius 1 is 1.20 bits per heavy atom.